The van der Waals surface area contributed by atoms with Crippen molar-refractivity contribution in [1.82, 2.24) is 0 Å². The first kappa shape index (κ1) is 19.2. The normalized spacial score (nSPS) is 9.81. The van der Waals surface area contributed by atoms with Crippen molar-refractivity contribution in [3.63, 3.8) is 0 Å². The van der Waals surface area contributed by atoms with Gasteiger partial charge in [0.1, 0.15) is 14.1 Å². The summed E-state index contributed by atoms with van der Waals surface area (Å²) in [6.45, 7) is 4.17. The Bertz CT molecular complexity index is 564. The fraction of sp³-hybridized carbons (Fsp3) is 0.286. The Morgan fingerprint density at radius 1 is 0.810 bits per heavy atom. The molecular weight excluding hydrogens is 292 g/mol. The zero-order valence-corrected chi connectivity index (χ0v) is 13.4. The van der Waals surface area contributed by atoms with Gasteiger partial charge in [-0.2, -0.15) is 0 Å². The number of aromatic nitrogens is 2. The van der Waals surface area contributed by atoms with Gasteiger partial charge in [0.25, 0.3) is 0 Å². The van der Waals surface area contributed by atoms with Crippen molar-refractivity contribution in [3.05, 3.63) is 60.2 Å². The molecule has 0 fully saturated rings. The van der Waals surface area contributed by atoms with E-state index in [4.69, 9.17) is 17.5 Å². The third-order valence-electron chi connectivity index (χ3n) is 2.63. The summed E-state index contributed by atoms with van der Waals surface area (Å²) in [6, 6.07) is 12.3. The quantitative estimate of drug-likeness (QED) is 0.398. The van der Waals surface area contributed by atoms with E-state index in [9.17, 15) is 0 Å². The van der Waals surface area contributed by atoms with Gasteiger partial charge in [0.15, 0.2) is 23.8 Å². The van der Waals surface area contributed by atoms with Gasteiger partial charge >= 0.3 is 0 Å². The van der Waals surface area contributed by atoms with Crippen LogP contribution >= 0.6 is 0 Å². The second-order valence-corrected chi connectivity index (χ2v) is 5.13. The maximum atomic E-state index is 8.52. The molecule has 2 rings (SSSR count). The third kappa shape index (κ3) is 11.7. The van der Waals surface area contributed by atoms with Crippen molar-refractivity contribution in [1.29, 1.82) is 0 Å². The Kier molecular flexibility index (Phi) is 8.37. The van der Waals surface area contributed by atoms with E-state index >= 15 is 0 Å². The first-order valence-electron chi connectivity index (χ1n) is 6.10. The highest BCUT2D eigenvalue weighted by Crippen LogP contribution is 1.84. The van der Waals surface area contributed by atoms with Gasteiger partial charge in [-0.15, -0.1) is 0 Å². The van der Waals surface area contributed by atoms with Crippen molar-refractivity contribution in [2.75, 3.05) is 0 Å². The van der Waals surface area contributed by atoms with Crippen molar-refractivity contribution in [2.24, 2.45) is 14.1 Å². The lowest BCUT2D eigenvalue weighted by atomic mass is 10.4. The summed E-state index contributed by atoms with van der Waals surface area (Å²) in [7, 11) is -1.09. The highest BCUT2D eigenvalue weighted by molar-refractivity contribution is 7.79. The van der Waals surface area contributed by atoms with Gasteiger partial charge in [-0.1, -0.05) is 12.1 Å². The van der Waals surface area contributed by atoms with E-state index in [-0.39, 0.29) is 0 Å². The molecule has 0 amide bonds. The Hall–Kier alpha value is -1.83. The average molecular weight is 312 g/mol. The molecule has 2 aromatic rings. The van der Waals surface area contributed by atoms with E-state index in [0.29, 0.717) is 0 Å². The van der Waals surface area contributed by atoms with Gasteiger partial charge in [0.2, 0.25) is 0 Å². The standard InChI is InChI=1S/2C7H10N.H2O4S/c2*1-7-5-3-4-6-8(7)2;1-5(2,3)4/h2*3-6H,1-2H3;(H2,1,2,3,4)/q2*+1;/p-2. The molecule has 0 spiro atoms. The molecule has 0 N–H and O–H groups in total. The smallest absolute Gasteiger partial charge is 0.177 e. The van der Waals surface area contributed by atoms with Crippen LogP contribution in [0.15, 0.2) is 48.8 Å². The van der Waals surface area contributed by atoms with Crippen LogP contribution in [-0.2, 0) is 24.5 Å². The van der Waals surface area contributed by atoms with Crippen LogP contribution in [0.5, 0.6) is 0 Å². The highest BCUT2D eigenvalue weighted by Gasteiger charge is 1.92. The summed E-state index contributed by atoms with van der Waals surface area (Å²) in [4.78, 5) is 0. The second-order valence-electron chi connectivity index (χ2n) is 4.31. The topological polar surface area (TPSA) is 88.0 Å². The summed E-state index contributed by atoms with van der Waals surface area (Å²) >= 11 is 0. The molecule has 21 heavy (non-hydrogen) atoms. The fourth-order valence-corrected chi connectivity index (χ4v) is 1.22. The molecule has 0 saturated carbocycles. The summed E-state index contributed by atoms with van der Waals surface area (Å²) in [5.74, 6) is 0. The molecule has 0 aliphatic heterocycles. The minimum absolute atomic E-state index is 1.28. The molecule has 2 heterocycles. The van der Waals surface area contributed by atoms with Crippen LogP contribution in [0.4, 0.5) is 0 Å². The number of hydrogen-bond donors (Lipinski definition) is 0. The Labute approximate surface area is 125 Å². The minimum Gasteiger partial charge on any atom is -0.759 e. The number of pyridine rings is 2. The maximum Gasteiger partial charge on any atom is 0.177 e. The molecule has 6 nitrogen and oxygen atoms in total. The molecule has 0 aromatic carbocycles. The molecule has 0 radical (unpaired) electrons. The number of rotatable bonds is 0. The number of nitrogens with zero attached hydrogens (tertiary/aromatic N) is 2. The molecular formula is C14H20N2O4S. The molecule has 0 unspecified atom stereocenters. The van der Waals surface area contributed by atoms with Crippen molar-refractivity contribution < 1.29 is 26.7 Å². The van der Waals surface area contributed by atoms with Gasteiger partial charge in [-0.3, -0.25) is 8.42 Å². The molecule has 116 valence electrons. The van der Waals surface area contributed by atoms with Gasteiger partial charge in [0, 0.05) is 48.5 Å². The van der Waals surface area contributed by atoms with Crippen LogP contribution < -0.4 is 9.13 Å². The van der Waals surface area contributed by atoms with Gasteiger partial charge in [-0.25, -0.2) is 9.13 Å². The van der Waals surface area contributed by atoms with E-state index in [0.717, 1.165) is 0 Å². The Balaban J connectivity index is 0.000000296. The van der Waals surface area contributed by atoms with Crippen molar-refractivity contribution in [3.8, 4) is 0 Å². The molecule has 0 aliphatic rings. The largest absolute Gasteiger partial charge is 0.759 e. The van der Waals surface area contributed by atoms with Gasteiger partial charge in [0.05, 0.1) is 0 Å². The molecule has 0 aliphatic carbocycles. The SMILES string of the molecule is Cc1cccc[n+]1C.Cc1cccc[n+]1C.O=S(=O)([O-])[O-]. The minimum atomic E-state index is -5.17. The summed E-state index contributed by atoms with van der Waals surface area (Å²) < 4.78 is 38.3. The van der Waals surface area contributed by atoms with E-state index < -0.39 is 10.4 Å². The van der Waals surface area contributed by atoms with Crippen molar-refractivity contribution in [2.45, 2.75) is 13.8 Å². The lowest BCUT2D eigenvalue weighted by molar-refractivity contribution is -0.677. The fourth-order valence-electron chi connectivity index (χ4n) is 1.22. The summed E-state index contributed by atoms with van der Waals surface area (Å²) in [5, 5.41) is 0. The average Bonchev–Trinajstić information content (AvgIpc) is 2.35. The Morgan fingerprint density at radius 2 is 1.10 bits per heavy atom. The molecule has 7 heteroatoms. The van der Waals surface area contributed by atoms with Gasteiger partial charge < -0.3 is 9.11 Å². The third-order valence-corrected chi connectivity index (χ3v) is 2.63. The first-order chi connectivity index (χ1) is 9.61. The maximum absolute atomic E-state index is 8.52. The summed E-state index contributed by atoms with van der Waals surface area (Å²) in [6.07, 6.45) is 4.07. The predicted molar refractivity (Wildman–Crippen MR) is 75.2 cm³/mol. The molecule has 0 saturated heterocycles. The Morgan fingerprint density at radius 3 is 1.24 bits per heavy atom. The highest BCUT2D eigenvalue weighted by atomic mass is 32.3. The molecule has 0 bridgehead atoms. The molecule has 0 atom stereocenters. The van der Waals surface area contributed by atoms with Crippen LogP contribution in [-0.4, -0.2) is 17.5 Å². The van der Waals surface area contributed by atoms with E-state index in [1.807, 2.05) is 50.8 Å². The number of hydrogen-bond acceptors (Lipinski definition) is 4. The van der Waals surface area contributed by atoms with E-state index in [2.05, 4.69) is 35.1 Å². The van der Waals surface area contributed by atoms with Crippen molar-refractivity contribution >= 4 is 10.4 Å². The zero-order chi connectivity index (χ0) is 16.5. The van der Waals surface area contributed by atoms with Crippen LogP contribution in [0.3, 0.4) is 0 Å². The summed E-state index contributed by atoms with van der Waals surface area (Å²) in [5.41, 5.74) is 2.57. The van der Waals surface area contributed by atoms with Crippen LogP contribution in [0, 0.1) is 13.8 Å². The lowest BCUT2D eigenvalue weighted by Gasteiger charge is -2.06. The number of aryl methyl sites for hydroxylation is 4. The van der Waals surface area contributed by atoms with E-state index in [1.165, 1.54) is 11.4 Å². The molecule has 2 aromatic heterocycles. The predicted octanol–water partition coefficient (Wildman–Crippen LogP) is 0.301. The van der Waals surface area contributed by atoms with Crippen LogP contribution in [0.25, 0.3) is 0 Å². The lowest BCUT2D eigenvalue weighted by Crippen LogP contribution is -2.30. The first-order valence-corrected chi connectivity index (χ1v) is 7.44. The second kappa shape index (κ2) is 9.17. The van der Waals surface area contributed by atoms with Gasteiger partial charge in [-0.05, 0) is 0 Å². The van der Waals surface area contributed by atoms with Crippen LogP contribution in [0.1, 0.15) is 11.4 Å². The monoisotopic (exact) mass is 312 g/mol. The zero-order valence-electron chi connectivity index (χ0n) is 12.6. The van der Waals surface area contributed by atoms with Crippen LogP contribution in [0.2, 0.25) is 0 Å². The van der Waals surface area contributed by atoms with E-state index in [1.54, 1.807) is 0 Å².